The maximum atomic E-state index is 13.5. The van der Waals surface area contributed by atoms with Crippen molar-refractivity contribution >= 4 is 11.6 Å². The molecule has 2 fully saturated rings. The number of ether oxygens (including phenoxy) is 1. The molecule has 1 nitrogen and oxygen atoms in total. The molecule has 1 aromatic rings. The van der Waals surface area contributed by atoms with Gasteiger partial charge in [-0.25, -0.2) is 4.39 Å². The van der Waals surface area contributed by atoms with Crippen LogP contribution in [0.1, 0.15) is 64.2 Å². The zero-order chi connectivity index (χ0) is 18.4. The third-order valence-electron chi connectivity index (χ3n) is 6.61. The maximum Gasteiger partial charge on any atom is 0.145 e. The molecule has 0 aromatic heterocycles. The average molecular weight is 379 g/mol. The molecule has 0 spiro atoms. The second-order valence-corrected chi connectivity index (χ2v) is 8.72. The Morgan fingerprint density at radius 1 is 1.00 bits per heavy atom. The van der Waals surface area contributed by atoms with Gasteiger partial charge in [0.1, 0.15) is 11.6 Å². The van der Waals surface area contributed by atoms with Gasteiger partial charge in [-0.1, -0.05) is 30.5 Å². The number of rotatable bonds is 7. The summed E-state index contributed by atoms with van der Waals surface area (Å²) in [4.78, 5) is 0. The lowest BCUT2D eigenvalue weighted by Gasteiger charge is -2.37. The minimum Gasteiger partial charge on any atom is -0.493 e. The fraction of sp³-hybridized carbons (Fsp3) is 0.652. The van der Waals surface area contributed by atoms with Crippen LogP contribution < -0.4 is 4.74 Å². The molecular weight excluding hydrogens is 347 g/mol. The van der Waals surface area contributed by atoms with Crippen LogP contribution in [0.2, 0.25) is 5.02 Å². The van der Waals surface area contributed by atoms with Crippen LogP contribution in [-0.4, -0.2) is 6.61 Å². The van der Waals surface area contributed by atoms with E-state index in [1.807, 2.05) is 0 Å². The van der Waals surface area contributed by atoms with E-state index in [-0.39, 0.29) is 5.02 Å². The van der Waals surface area contributed by atoms with Gasteiger partial charge in [0, 0.05) is 6.07 Å². The average Bonchev–Trinajstić information content (AvgIpc) is 2.68. The molecule has 0 heterocycles. The second kappa shape index (κ2) is 9.78. The minimum atomic E-state index is -0.406. The Morgan fingerprint density at radius 3 is 2.19 bits per heavy atom. The van der Waals surface area contributed by atoms with Crippen molar-refractivity contribution in [3.05, 3.63) is 41.7 Å². The smallest absolute Gasteiger partial charge is 0.145 e. The van der Waals surface area contributed by atoms with Crippen LogP contribution in [0, 0.1) is 29.5 Å². The molecule has 0 amide bonds. The van der Waals surface area contributed by atoms with Crippen molar-refractivity contribution in [2.75, 3.05) is 6.61 Å². The first-order chi connectivity index (χ1) is 12.7. The molecule has 0 N–H and O–H groups in total. The largest absolute Gasteiger partial charge is 0.493 e. The molecule has 0 radical (unpaired) electrons. The number of hydrogen-bond donors (Lipinski definition) is 0. The maximum absolute atomic E-state index is 13.5. The van der Waals surface area contributed by atoms with Crippen LogP contribution in [0.3, 0.4) is 0 Å². The summed E-state index contributed by atoms with van der Waals surface area (Å²) in [5.41, 5.74) is 0. The highest BCUT2D eigenvalue weighted by molar-refractivity contribution is 6.30. The Kier molecular flexibility index (Phi) is 7.42. The molecule has 2 saturated carbocycles. The van der Waals surface area contributed by atoms with E-state index in [0.717, 1.165) is 17.8 Å². The van der Waals surface area contributed by atoms with Crippen molar-refractivity contribution in [1.82, 2.24) is 0 Å². The molecule has 0 atom stereocenters. The van der Waals surface area contributed by atoms with Gasteiger partial charge in [0.25, 0.3) is 0 Å². The standard InChI is InChI=1S/C23H32ClFO/c1-2-3-4-17-5-9-19(10-6-17)20-11-7-18(8-12-20)16-26-21-13-14-22(24)23(25)15-21/h2,13-15,17-20H,1,3-12,16H2. The summed E-state index contributed by atoms with van der Waals surface area (Å²) in [6.45, 7) is 4.54. The summed E-state index contributed by atoms with van der Waals surface area (Å²) >= 11 is 5.72. The van der Waals surface area contributed by atoms with Crippen molar-refractivity contribution in [2.24, 2.45) is 23.7 Å². The van der Waals surface area contributed by atoms with Gasteiger partial charge in [0.15, 0.2) is 0 Å². The van der Waals surface area contributed by atoms with Crippen LogP contribution in [0.25, 0.3) is 0 Å². The fourth-order valence-electron chi connectivity index (χ4n) is 4.91. The molecule has 26 heavy (non-hydrogen) atoms. The first kappa shape index (κ1) is 19.7. The van der Waals surface area contributed by atoms with Gasteiger partial charge < -0.3 is 4.74 Å². The van der Waals surface area contributed by atoms with Crippen LogP contribution in [-0.2, 0) is 0 Å². The summed E-state index contributed by atoms with van der Waals surface area (Å²) in [5.74, 6) is 3.59. The number of benzene rings is 1. The van der Waals surface area contributed by atoms with Gasteiger partial charge in [-0.15, -0.1) is 6.58 Å². The van der Waals surface area contributed by atoms with Gasteiger partial charge in [0.2, 0.25) is 0 Å². The van der Waals surface area contributed by atoms with Crippen molar-refractivity contribution in [1.29, 1.82) is 0 Å². The molecule has 3 rings (SSSR count). The van der Waals surface area contributed by atoms with E-state index in [1.54, 1.807) is 12.1 Å². The molecule has 3 heteroatoms. The van der Waals surface area contributed by atoms with Crippen LogP contribution in [0.5, 0.6) is 5.75 Å². The van der Waals surface area contributed by atoms with Gasteiger partial charge in [-0.05, 0) is 87.2 Å². The van der Waals surface area contributed by atoms with Crippen molar-refractivity contribution < 1.29 is 9.13 Å². The van der Waals surface area contributed by atoms with E-state index in [9.17, 15) is 4.39 Å². The molecule has 0 aliphatic heterocycles. The third-order valence-corrected chi connectivity index (χ3v) is 6.91. The van der Waals surface area contributed by atoms with Crippen molar-refractivity contribution in [3.63, 3.8) is 0 Å². The molecule has 2 aliphatic rings. The summed E-state index contributed by atoms with van der Waals surface area (Å²) < 4.78 is 19.3. The molecule has 0 saturated heterocycles. The lowest BCUT2D eigenvalue weighted by molar-refractivity contribution is 0.122. The zero-order valence-corrected chi connectivity index (χ0v) is 16.5. The Labute approximate surface area is 163 Å². The van der Waals surface area contributed by atoms with E-state index >= 15 is 0 Å². The van der Waals surface area contributed by atoms with Crippen molar-refractivity contribution in [2.45, 2.75) is 64.2 Å². The Hall–Kier alpha value is -1.02. The molecule has 1 aromatic carbocycles. The predicted octanol–water partition coefficient (Wildman–Crippen LogP) is 7.44. The highest BCUT2D eigenvalue weighted by Crippen LogP contribution is 2.42. The fourth-order valence-corrected chi connectivity index (χ4v) is 5.03. The first-order valence-corrected chi connectivity index (χ1v) is 10.7. The Balaban J connectivity index is 1.36. The zero-order valence-electron chi connectivity index (χ0n) is 15.8. The molecule has 2 aliphatic carbocycles. The van der Waals surface area contributed by atoms with E-state index in [2.05, 4.69) is 12.7 Å². The van der Waals surface area contributed by atoms with E-state index in [4.69, 9.17) is 16.3 Å². The van der Waals surface area contributed by atoms with E-state index < -0.39 is 5.82 Å². The first-order valence-electron chi connectivity index (χ1n) is 10.3. The van der Waals surface area contributed by atoms with E-state index in [1.165, 1.54) is 70.3 Å². The van der Waals surface area contributed by atoms with Gasteiger partial charge in [-0.3, -0.25) is 0 Å². The van der Waals surface area contributed by atoms with E-state index in [0.29, 0.717) is 18.3 Å². The summed E-state index contributed by atoms with van der Waals surface area (Å²) in [6, 6.07) is 4.70. The SMILES string of the molecule is C=CCCC1CCC(C2CCC(COc3ccc(Cl)c(F)c3)CC2)CC1. The number of allylic oxidation sites excluding steroid dienone is 1. The summed E-state index contributed by atoms with van der Waals surface area (Å²) in [5, 5.41) is 0.150. The lowest BCUT2D eigenvalue weighted by Crippen LogP contribution is -2.27. The minimum absolute atomic E-state index is 0.150. The number of hydrogen-bond acceptors (Lipinski definition) is 1. The highest BCUT2D eigenvalue weighted by atomic mass is 35.5. The molecule has 0 unspecified atom stereocenters. The molecule has 0 bridgehead atoms. The summed E-state index contributed by atoms with van der Waals surface area (Å²) in [7, 11) is 0. The van der Waals surface area contributed by atoms with Crippen LogP contribution in [0.15, 0.2) is 30.9 Å². The van der Waals surface area contributed by atoms with Crippen LogP contribution >= 0.6 is 11.6 Å². The van der Waals surface area contributed by atoms with Gasteiger partial charge in [0.05, 0.1) is 11.6 Å². The number of halogens is 2. The normalized spacial score (nSPS) is 29.3. The summed E-state index contributed by atoms with van der Waals surface area (Å²) in [6.07, 6.45) is 15.4. The van der Waals surface area contributed by atoms with Crippen LogP contribution in [0.4, 0.5) is 4.39 Å². The topological polar surface area (TPSA) is 9.23 Å². The van der Waals surface area contributed by atoms with Gasteiger partial charge >= 0.3 is 0 Å². The lowest BCUT2D eigenvalue weighted by atomic mass is 9.69. The second-order valence-electron chi connectivity index (χ2n) is 8.31. The van der Waals surface area contributed by atoms with Crippen molar-refractivity contribution in [3.8, 4) is 5.75 Å². The quantitative estimate of drug-likeness (QED) is 0.448. The molecular formula is C23H32ClFO. The van der Waals surface area contributed by atoms with Gasteiger partial charge in [-0.2, -0.15) is 0 Å². The Bertz CT molecular complexity index is 572. The highest BCUT2D eigenvalue weighted by Gasteiger charge is 2.30. The Morgan fingerprint density at radius 2 is 1.62 bits per heavy atom. The molecule has 144 valence electrons. The predicted molar refractivity (Wildman–Crippen MR) is 107 cm³/mol. The monoisotopic (exact) mass is 378 g/mol. The third kappa shape index (κ3) is 5.49.